The number of anilines is 1. The Morgan fingerprint density at radius 3 is 2.37 bits per heavy atom. The average molecular weight is 529 g/mol. The summed E-state index contributed by atoms with van der Waals surface area (Å²) in [5, 5.41) is 2.56. The van der Waals surface area contributed by atoms with Crippen LogP contribution < -0.4 is 10.2 Å². The molecular formula is C28H31F3N4O3. The van der Waals surface area contributed by atoms with Gasteiger partial charge in [0.1, 0.15) is 0 Å². The SMILES string of the molecule is CN1C(=O)[C@@H](NC(=O)[C@H](CCC(F)(F)F)CC(=O)N2CCCCC2)N=C(c2ccccc2)c2ccccc21. The largest absolute Gasteiger partial charge is 0.389 e. The van der Waals surface area contributed by atoms with E-state index in [4.69, 9.17) is 0 Å². The van der Waals surface area contributed by atoms with Crippen molar-refractivity contribution in [2.24, 2.45) is 10.9 Å². The van der Waals surface area contributed by atoms with Crippen LogP contribution >= 0.6 is 0 Å². The number of hydrogen-bond donors (Lipinski definition) is 1. The first kappa shape index (κ1) is 27.3. The summed E-state index contributed by atoms with van der Waals surface area (Å²) in [6.07, 6.45) is -5.32. The molecule has 2 heterocycles. The second kappa shape index (κ2) is 11.8. The maximum Gasteiger partial charge on any atom is 0.389 e. The van der Waals surface area contributed by atoms with Crippen molar-refractivity contribution in [1.82, 2.24) is 10.2 Å². The third-order valence-electron chi connectivity index (χ3n) is 6.95. The lowest BCUT2D eigenvalue weighted by Crippen LogP contribution is -2.48. The number of para-hydroxylation sites is 1. The quantitative estimate of drug-likeness (QED) is 0.582. The lowest BCUT2D eigenvalue weighted by atomic mass is 9.96. The Balaban J connectivity index is 1.62. The third-order valence-corrected chi connectivity index (χ3v) is 6.95. The number of aliphatic imine (C=N–C) groups is 1. The fourth-order valence-corrected chi connectivity index (χ4v) is 4.84. The number of carbonyl (C=O) groups excluding carboxylic acids is 3. The highest BCUT2D eigenvalue weighted by atomic mass is 19.4. The average Bonchev–Trinajstić information content (AvgIpc) is 3.02. The third kappa shape index (κ3) is 6.59. The van der Waals surface area contributed by atoms with Gasteiger partial charge in [0.2, 0.25) is 18.0 Å². The van der Waals surface area contributed by atoms with Crippen molar-refractivity contribution in [1.29, 1.82) is 0 Å². The second-order valence-corrected chi connectivity index (χ2v) is 9.67. The molecule has 3 amide bonds. The van der Waals surface area contributed by atoms with E-state index in [-0.39, 0.29) is 12.3 Å². The molecule has 1 N–H and O–H groups in total. The number of piperidine rings is 1. The molecule has 0 radical (unpaired) electrons. The van der Waals surface area contributed by atoms with Gasteiger partial charge in [0, 0.05) is 50.0 Å². The predicted octanol–water partition coefficient (Wildman–Crippen LogP) is 4.30. The van der Waals surface area contributed by atoms with Crippen molar-refractivity contribution in [3.05, 3.63) is 65.7 Å². The monoisotopic (exact) mass is 528 g/mol. The molecule has 2 aliphatic heterocycles. The molecule has 1 fully saturated rings. The highest BCUT2D eigenvalue weighted by molar-refractivity contribution is 6.20. The summed E-state index contributed by atoms with van der Waals surface area (Å²) >= 11 is 0. The number of amides is 3. The van der Waals surface area contributed by atoms with Crippen LogP contribution in [-0.4, -0.2) is 60.8 Å². The van der Waals surface area contributed by atoms with Crippen LogP contribution in [0.2, 0.25) is 0 Å². The lowest BCUT2D eigenvalue weighted by molar-refractivity contribution is -0.146. The van der Waals surface area contributed by atoms with Crippen molar-refractivity contribution in [3.8, 4) is 0 Å². The normalized spacial score (nSPS) is 18.8. The number of fused-ring (bicyclic) bond motifs is 1. The number of nitrogens with one attached hydrogen (secondary N) is 1. The van der Waals surface area contributed by atoms with E-state index in [2.05, 4.69) is 10.3 Å². The maximum absolute atomic E-state index is 13.4. The van der Waals surface area contributed by atoms with Crippen LogP contribution in [0.5, 0.6) is 0 Å². The summed E-state index contributed by atoms with van der Waals surface area (Å²) in [6, 6.07) is 16.3. The fraction of sp³-hybridized carbons (Fsp3) is 0.429. The minimum atomic E-state index is -4.48. The summed E-state index contributed by atoms with van der Waals surface area (Å²) in [6.45, 7) is 1.06. The van der Waals surface area contributed by atoms with E-state index in [1.54, 1.807) is 24.1 Å². The van der Waals surface area contributed by atoms with Gasteiger partial charge in [0.25, 0.3) is 5.91 Å². The van der Waals surface area contributed by atoms with Crippen molar-refractivity contribution >= 4 is 29.1 Å². The number of halogens is 3. The van der Waals surface area contributed by atoms with Crippen molar-refractivity contribution in [3.63, 3.8) is 0 Å². The summed E-state index contributed by atoms with van der Waals surface area (Å²) < 4.78 is 39.2. The van der Waals surface area contributed by atoms with Gasteiger partial charge >= 0.3 is 6.18 Å². The molecule has 0 spiro atoms. The zero-order valence-corrected chi connectivity index (χ0v) is 21.2. The molecular weight excluding hydrogens is 497 g/mol. The minimum Gasteiger partial charge on any atom is -0.343 e. The number of alkyl halides is 3. The molecule has 4 rings (SSSR count). The molecule has 0 aromatic heterocycles. The Bertz CT molecular complexity index is 1190. The summed E-state index contributed by atoms with van der Waals surface area (Å²) in [7, 11) is 1.56. The fourth-order valence-electron chi connectivity index (χ4n) is 4.84. The number of carbonyl (C=O) groups is 3. The Morgan fingerprint density at radius 2 is 1.68 bits per heavy atom. The number of hydrogen-bond acceptors (Lipinski definition) is 4. The maximum atomic E-state index is 13.4. The van der Waals surface area contributed by atoms with Gasteiger partial charge in [-0.2, -0.15) is 13.2 Å². The zero-order chi connectivity index (χ0) is 27.3. The first-order chi connectivity index (χ1) is 18.1. The molecule has 10 heteroatoms. The van der Waals surface area contributed by atoms with E-state index in [1.165, 1.54) is 4.90 Å². The van der Waals surface area contributed by atoms with Gasteiger partial charge in [-0.25, -0.2) is 4.99 Å². The minimum absolute atomic E-state index is 0.350. The standard InChI is InChI=1S/C28H31F3N4O3/c1-34-22-13-7-6-12-21(22)24(19-10-4-2-5-11-19)32-25(27(34)38)33-26(37)20(14-15-28(29,30)31)18-23(36)35-16-8-3-9-17-35/h2,4-7,10-13,20,25H,3,8-9,14-18H2,1H3,(H,33,37)/t20-,25-/m1/s1. The molecule has 38 heavy (non-hydrogen) atoms. The summed E-state index contributed by atoms with van der Waals surface area (Å²) in [5.74, 6) is -2.93. The van der Waals surface area contributed by atoms with Gasteiger partial charge in [-0.3, -0.25) is 14.4 Å². The molecule has 2 aromatic carbocycles. The van der Waals surface area contributed by atoms with Crippen LogP contribution in [0.25, 0.3) is 0 Å². The number of rotatable bonds is 7. The summed E-state index contributed by atoms with van der Waals surface area (Å²) in [4.78, 5) is 47.1. The van der Waals surface area contributed by atoms with Gasteiger partial charge in [0.15, 0.2) is 0 Å². The van der Waals surface area contributed by atoms with E-state index in [9.17, 15) is 27.6 Å². The number of likely N-dealkylation sites (tertiary alicyclic amines) is 1. The van der Waals surface area contributed by atoms with Crippen LogP contribution in [0.3, 0.4) is 0 Å². The first-order valence-corrected chi connectivity index (χ1v) is 12.8. The predicted molar refractivity (Wildman–Crippen MR) is 138 cm³/mol. The molecule has 0 bridgehead atoms. The second-order valence-electron chi connectivity index (χ2n) is 9.67. The Morgan fingerprint density at radius 1 is 1.03 bits per heavy atom. The molecule has 0 saturated carbocycles. The Kier molecular flexibility index (Phi) is 8.48. The smallest absolute Gasteiger partial charge is 0.343 e. The van der Waals surface area contributed by atoms with Gasteiger partial charge in [-0.1, -0.05) is 48.5 Å². The van der Waals surface area contributed by atoms with Gasteiger partial charge in [-0.05, 0) is 31.7 Å². The van der Waals surface area contributed by atoms with E-state index >= 15 is 0 Å². The summed E-state index contributed by atoms with van der Waals surface area (Å²) in [5.41, 5.74) is 2.46. The topological polar surface area (TPSA) is 82.1 Å². The molecule has 2 aromatic rings. The zero-order valence-electron chi connectivity index (χ0n) is 21.2. The molecule has 202 valence electrons. The van der Waals surface area contributed by atoms with Crippen LogP contribution in [0.1, 0.15) is 49.7 Å². The molecule has 7 nitrogen and oxygen atoms in total. The van der Waals surface area contributed by atoms with Crippen molar-refractivity contribution in [2.45, 2.75) is 50.9 Å². The molecule has 0 aliphatic carbocycles. The van der Waals surface area contributed by atoms with Gasteiger partial charge in [0.05, 0.1) is 11.4 Å². The van der Waals surface area contributed by atoms with Gasteiger partial charge < -0.3 is 15.1 Å². The van der Waals surface area contributed by atoms with Crippen LogP contribution in [0, 0.1) is 5.92 Å². The number of likely N-dealkylation sites (N-methyl/N-ethyl adjacent to an activating group) is 1. The molecule has 0 unspecified atom stereocenters. The van der Waals surface area contributed by atoms with Crippen LogP contribution in [0.15, 0.2) is 59.6 Å². The van der Waals surface area contributed by atoms with E-state index in [0.29, 0.717) is 30.1 Å². The highest BCUT2D eigenvalue weighted by Crippen LogP contribution is 2.29. The number of nitrogens with zero attached hydrogens (tertiary/aromatic N) is 3. The Labute approximate surface area is 219 Å². The first-order valence-electron chi connectivity index (χ1n) is 12.8. The van der Waals surface area contributed by atoms with Crippen molar-refractivity contribution in [2.75, 3.05) is 25.0 Å². The van der Waals surface area contributed by atoms with Crippen molar-refractivity contribution < 1.29 is 27.6 Å². The lowest BCUT2D eigenvalue weighted by Gasteiger charge is -2.29. The Hall–Kier alpha value is -3.69. The number of benzene rings is 2. The molecule has 2 atom stereocenters. The van der Waals surface area contributed by atoms with Gasteiger partial charge in [-0.15, -0.1) is 0 Å². The highest BCUT2D eigenvalue weighted by Gasteiger charge is 2.36. The van der Waals surface area contributed by atoms with E-state index < -0.39 is 42.9 Å². The van der Waals surface area contributed by atoms with E-state index in [1.807, 2.05) is 42.5 Å². The van der Waals surface area contributed by atoms with E-state index in [0.717, 1.165) is 24.8 Å². The van der Waals surface area contributed by atoms with Crippen LogP contribution in [0.4, 0.5) is 18.9 Å². The number of benzodiazepines with no additional fused rings is 1. The van der Waals surface area contributed by atoms with Crippen LogP contribution in [-0.2, 0) is 14.4 Å². The molecule has 2 aliphatic rings. The molecule has 1 saturated heterocycles.